The minimum atomic E-state index is -4.60. The summed E-state index contributed by atoms with van der Waals surface area (Å²) in [6.45, 7) is -0.0888. The van der Waals surface area contributed by atoms with E-state index in [1.54, 1.807) is 12.1 Å². The van der Waals surface area contributed by atoms with E-state index >= 15 is 0 Å². The zero-order valence-corrected chi connectivity index (χ0v) is 10.1. The first-order valence-corrected chi connectivity index (χ1v) is 5.54. The van der Waals surface area contributed by atoms with Gasteiger partial charge in [-0.3, -0.25) is 4.79 Å². The van der Waals surface area contributed by atoms with Crippen LogP contribution in [-0.4, -0.2) is 9.78 Å². The molecule has 20 heavy (non-hydrogen) atoms. The lowest BCUT2D eigenvalue weighted by atomic mass is 10.1. The monoisotopic (exact) mass is 279 g/mol. The molecule has 0 spiro atoms. The third-order valence-electron chi connectivity index (χ3n) is 2.57. The lowest BCUT2D eigenvalue weighted by Gasteiger charge is -2.09. The molecule has 0 N–H and O–H groups in total. The van der Waals surface area contributed by atoms with Gasteiger partial charge in [-0.05, 0) is 23.8 Å². The summed E-state index contributed by atoms with van der Waals surface area (Å²) >= 11 is 0. The summed E-state index contributed by atoms with van der Waals surface area (Å²) in [7, 11) is 0. The van der Waals surface area contributed by atoms with Gasteiger partial charge in [-0.25, -0.2) is 4.68 Å². The Labute approximate surface area is 111 Å². The van der Waals surface area contributed by atoms with Gasteiger partial charge in [-0.2, -0.15) is 23.5 Å². The molecule has 2 aromatic rings. The molecule has 7 heteroatoms. The van der Waals surface area contributed by atoms with Crippen LogP contribution in [-0.2, 0) is 12.7 Å². The van der Waals surface area contributed by atoms with Crippen LogP contribution < -0.4 is 5.56 Å². The summed E-state index contributed by atoms with van der Waals surface area (Å²) in [5.74, 6) is 0. The van der Waals surface area contributed by atoms with Crippen LogP contribution in [0.3, 0.4) is 0 Å². The van der Waals surface area contributed by atoms with Crippen molar-refractivity contribution in [2.45, 2.75) is 12.7 Å². The van der Waals surface area contributed by atoms with Crippen molar-refractivity contribution in [3.8, 4) is 6.07 Å². The second kappa shape index (κ2) is 5.17. The van der Waals surface area contributed by atoms with Gasteiger partial charge in [-0.15, -0.1) is 0 Å². The van der Waals surface area contributed by atoms with Crippen LogP contribution in [0, 0.1) is 11.3 Å². The fraction of sp³-hybridized carbons (Fsp3) is 0.154. The van der Waals surface area contributed by atoms with Crippen LogP contribution in [0.25, 0.3) is 0 Å². The van der Waals surface area contributed by atoms with Gasteiger partial charge in [0.25, 0.3) is 5.56 Å². The molecule has 0 saturated carbocycles. The Bertz CT molecular complexity index is 711. The molecule has 102 valence electrons. The number of hydrogen-bond donors (Lipinski definition) is 0. The summed E-state index contributed by atoms with van der Waals surface area (Å²) in [4.78, 5) is 11.5. The van der Waals surface area contributed by atoms with Crippen molar-refractivity contribution in [1.29, 1.82) is 5.26 Å². The minimum absolute atomic E-state index is 0.0888. The molecule has 0 atom stereocenters. The number of nitrogens with zero attached hydrogens (tertiary/aromatic N) is 3. The molecule has 0 aliphatic heterocycles. The van der Waals surface area contributed by atoms with Gasteiger partial charge < -0.3 is 0 Å². The molecular weight excluding hydrogens is 271 g/mol. The predicted molar refractivity (Wildman–Crippen MR) is 63.8 cm³/mol. The molecule has 2 rings (SSSR count). The highest BCUT2D eigenvalue weighted by molar-refractivity contribution is 5.31. The number of aromatic nitrogens is 2. The van der Waals surface area contributed by atoms with E-state index in [-0.39, 0.29) is 6.54 Å². The third kappa shape index (κ3) is 3.03. The Morgan fingerprint density at radius 3 is 2.35 bits per heavy atom. The number of rotatable bonds is 2. The zero-order chi connectivity index (χ0) is 14.8. The predicted octanol–water partition coefficient (Wildman–Crippen LogP) is 2.18. The topological polar surface area (TPSA) is 58.7 Å². The number of nitriles is 1. The van der Waals surface area contributed by atoms with Crippen molar-refractivity contribution in [1.82, 2.24) is 9.78 Å². The smallest absolute Gasteiger partial charge is 0.268 e. The standard InChI is InChI=1S/C13H8F3N3O/c14-13(15,16)11-5-6-12(20)19(18-11)8-10-3-1-9(7-17)2-4-10/h1-6H,8H2. The molecule has 1 heterocycles. The maximum atomic E-state index is 12.5. The Kier molecular flexibility index (Phi) is 3.57. The molecule has 0 aliphatic carbocycles. The second-order valence-corrected chi connectivity index (χ2v) is 4.02. The highest BCUT2D eigenvalue weighted by atomic mass is 19.4. The van der Waals surface area contributed by atoms with Crippen LogP contribution in [0.15, 0.2) is 41.2 Å². The van der Waals surface area contributed by atoms with Crippen LogP contribution >= 0.6 is 0 Å². The van der Waals surface area contributed by atoms with E-state index in [0.717, 1.165) is 10.7 Å². The van der Waals surface area contributed by atoms with Gasteiger partial charge in [0.15, 0.2) is 5.69 Å². The quantitative estimate of drug-likeness (QED) is 0.846. The highest BCUT2D eigenvalue weighted by Crippen LogP contribution is 2.26. The molecule has 0 bridgehead atoms. The summed E-state index contributed by atoms with van der Waals surface area (Å²) in [5.41, 5.74) is -0.732. The van der Waals surface area contributed by atoms with Gasteiger partial charge in [-0.1, -0.05) is 12.1 Å². The maximum Gasteiger partial charge on any atom is 0.435 e. The van der Waals surface area contributed by atoms with E-state index in [4.69, 9.17) is 5.26 Å². The summed E-state index contributed by atoms with van der Waals surface area (Å²) in [5, 5.41) is 11.9. The van der Waals surface area contributed by atoms with E-state index in [2.05, 4.69) is 5.10 Å². The third-order valence-corrected chi connectivity index (χ3v) is 2.57. The molecular formula is C13H8F3N3O. The second-order valence-electron chi connectivity index (χ2n) is 4.02. The van der Waals surface area contributed by atoms with Crippen LogP contribution in [0.5, 0.6) is 0 Å². The largest absolute Gasteiger partial charge is 0.435 e. The molecule has 0 aliphatic rings. The van der Waals surface area contributed by atoms with E-state index in [0.29, 0.717) is 17.2 Å². The molecule has 0 saturated heterocycles. The van der Waals surface area contributed by atoms with Crippen molar-refractivity contribution in [2.75, 3.05) is 0 Å². The van der Waals surface area contributed by atoms with Crippen molar-refractivity contribution in [3.63, 3.8) is 0 Å². The van der Waals surface area contributed by atoms with Crippen molar-refractivity contribution in [2.24, 2.45) is 0 Å². The van der Waals surface area contributed by atoms with Crippen molar-refractivity contribution in [3.05, 3.63) is 63.6 Å². The van der Waals surface area contributed by atoms with E-state index < -0.39 is 17.4 Å². The summed E-state index contributed by atoms with van der Waals surface area (Å²) < 4.78 is 38.3. The van der Waals surface area contributed by atoms with Crippen molar-refractivity contribution < 1.29 is 13.2 Å². The van der Waals surface area contributed by atoms with Gasteiger partial charge >= 0.3 is 6.18 Å². The first-order valence-electron chi connectivity index (χ1n) is 5.54. The molecule has 0 amide bonds. The highest BCUT2D eigenvalue weighted by Gasteiger charge is 2.33. The van der Waals surface area contributed by atoms with Crippen LogP contribution in [0.4, 0.5) is 13.2 Å². The Balaban J connectivity index is 2.33. The van der Waals surface area contributed by atoms with Gasteiger partial charge in [0.05, 0.1) is 18.2 Å². The molecule has 4 nitrogen and oxygen atoms in total. The number of halogens is 3. The van der Waals surface area contributed by atoms with Crippen molar-refractivity contribution >= 4 is 0 Å². The normalized spacial score (nSPS) is 11.1. The Hall–Kier alpha value is -2.62. The number of benzene rings is 1. The fourth-order valence-corrected chi connectivity index (χ4v) is 1.57. The molecule has 0 radical (unpaired) electrons. The average molecular weight is 279 g/mol. The lowest BCUT2D eigenvalue weighted by Crippen LogP contribution is -2.26. The summed E-state index contributed by atoms with van der Waals surface area (Å²) in [6.07, 6.45) is -4.60. The average Bonchev–Trinajstić information content (AvgIpc) is 2.41. The molecule has 1 aromatic heterocycles. The number of alkyl halides is 3. The lowest BCUT2D eigenvalue weighted by molar-refractivity contribution is -0.142. The van der Waals surface area contributed by atoms with Gasteiger partial charge in [0.2, 0.25) is 0 Å². The minimum Gasteiger partial charge on any atom is -0.268 e. The first kappa shape index (κ1) is 13.8. The van der Waals surface area contributed by atoms with E-state index in [9.17, 15) is 18.0 Å². The van der Waals surface area contributed by atoms with E-state index in [1.165, 1.54) is 12.1 Å². The maximum absolute atomic E-state index is 12.5. The number of hydrogen-bond acceptors (Lipinski definition) is 3. The van der Waals surface area contributed by atoms with Gasteiger partial charge in [0.1, 0.15) is 0 Å². The first-order chi connectivity index (χ1) is 9.40. The van der Waals surface area contributed by atoms with E-state index in [1.807, 2.05) is 6.07 Å². The van der Waals surface area contributed by atoms with Crippen LogP contribution in [0.1, 0.15) is 16.8 Å². The summed E-state index contributed by atoms with van der Waals surface area (Å²) in [6, 6.07) is 9.58. The molecule has 0 fully saturated rings. The SMILES string of the molecule is N#Cc1ccc(Cn2nc(C(F)(F)F)ccc2=O)cc1. The van der Waals surface area contributed by atoms with Crippen LogP contribution in [0.2, 0.25) is 0 Å². The zero-order valence-electron chi connectivity index (χ0n) is 10.1. The van der Waals surface area contributed by atoms with Gasteiger partial charge in [0, 0.05) is 6.07 Å². The fourth-order valence-electron chi connectivity index (χ4n) is 1.57. The molecule has 0 unspecified atom stereocenters. The molecule has 1 aromatic carbocycles. The Morgan fingerprint density at radius 2 is 1.80 bits per heavy atom. The Morgan fingerprint density at radius 1 is 1.15 bits per heavy atom.